The van der Waals surface area contributed by atoms with Crippen molar-refractivity contribution in [3.8, 4) is 0 Å². The van der Waals surface area contributed by atoms with Crippen LogP contribution in [0.3, 0.4) is 0 Å². The molecule has 16 heavy (non-hydrogen) atoms. The average Bonchev–Trinajstić information content (AvgIpc) is 2.25. The fraction of sp³-hybridized carbons (Fsp3) is 1.00. The largest absolute Gasteiger partial charge is 0.393 e. The van der Waals surface area contributed by atoms with Crippen molar-refractivity contribution in [2.75, 3.05) is 6.54 Å². The monoisotopic (exact) mass is 223 g/mol. The Kier molecular flexibility index (Phi) is 2.97. The van der Waals surface area contributed by atoms with Crippen molar-refractivity contribution in [2.45, 2.75) is 57.6 Å². The van der Waals surface area contributed by atoms with Gasteiger partial charge in [-0.15, -0.1) is 0 Å². The zero-order chi connectivity index (χ0) is 11.1. The normalized spacial score (nSPS) is 52.9. The van der Waals surface area contributed by atoms with Crippen LogP contribution in [0.4, 0.5) is 0 Å². The maximum Gasteiger partial charge on any atom is 0.0600 e. The summed E-state index contributed by atoms with van der Waals surface area (Å²) < 4.78 is 0. The molecule has 0 spiro atoms. The molecule has 1 heterocycles. The van der Waals surface area contributed by atoms with E-state index in [9.17, 15) is 5.11 Å². The highest BCUT2D eigenvalue weighted by Crippen LogP contribution is 2.51. The molecule has 0 amide bonds. The smallest absolute Gasteiger partial charge is 0.0600 e. The quantitative estimate of drug-likeness (QED) is 0.659. The van der Waals surface area contributed by atoms with Gasteiger partial charge in [0, 0.05) is 12.6 Å². The molecule has 6 unspecified atom stereocenters. The van der Waals surface area contributed by atoms with E-state index in [1.807, 2.05) is 0 Å². The number of hydrogen-bond acceptors (Lipinski definition) is 2. The maximum absolute atomic E-state index is 10.5. The molecule has 3 aliphatic rings. The predicted molar refractivity (Wildman–Crippen MR) is 65.1 cm³/mol. The van der Waals surface area contributed by atoms with E-state index in [0.29, 0.717) is 11.8 Å². The molecular formula is C14H25NO. The first kappa shape index (κ1) is 11.0. The van der Waals surface area contributed by atoms with E-state index in [2.05, 4.69) is 12.2 Å². The van der Waals surface area contributed by atoms with Crippen LogP contribution >= 0.6 is 0 Å². The van der Waals surface area contributed by atoms with Gasteiger partial charge in [0.15, 0.2) is 0 Å². The SMILES string of the molecule is CC1CCCCCCC2C3NCC3C2C1O. The highest BCUT2D eigenvalue weighted by Gasteiger charge is 2.57. The molecule has 2 N–H and O–H groups in total. The number of fused-ring (bicyclic) bond motifs is 4. The summed E-state index contributed by atoms with van der Waals surface area (Å²) >= 11 is 0. The average molecular weight is 223 g/mol. The van der Waals surface area contributed by atoms with E-state index in [-0.39, 0.29) is 6.10 Å². The maximum atomic E-state index is 10.5. The standard InChI is InChI=1S/C14H25NO/c1-9-6-4-2-3-5-7-10-12(14(9)16)11-8-15-13(10)11/h9-16H,2-8H2,1H3. The Bertz CT molecular complexity index is 253. The molecule has 0 aromatic rings. The first-order valence-electron chi connectivity index (χ1n) is 7.20. The van der Waals surface area contributed by atoms with Gasteiger partial charge in [0.2, 0.25) is 0 Å². The summed E-state index contributed by atoms with van der Waals surface area (Å²) in [5, 5.41) is 14.0. The molecule has 92 valence electrons. The molecule has 0 bridgehead atoms. The van der Waals surface area contributed by atoms with Gasteiger partial charge in [0.25, 0.3) is 0 Å². The lowest BCUT2D eigenvalue weighted by atomic mass is 9.52. The van der Waals surface area contributed by atoms with Gasteiger partial charge in [-0.1, -0.05) is 32.6 Å². The molecular weight excluding hydrogens is 198 g/mol. The van der Waals surface area contributed by atoms with E-state index in [4.69, 9.17) is 0 Å². The minimum absolute atomic E-state index is 0.0218. The van der Waals surface area contributed by atoms with Gasteiger partial charge in [0.1, 0.15) is 0 Å². The number of nitrogens with one attached hydrogen (secondary N) is 1. The predicted octanol–water partition coefficient (Wildman–Crippen LogP) is 2.17. The summed E-state index contributed by atoms with van der Waals surface area (Å²) in [6, 6.07) is 0.770. The summed E-state index contributed by atoms with van der Waals surface area (Å²) in [6.07, 6.45) is 8.04. The number of aliphatic hydroxyl groups excluding tert-OH is 1. The molecule has 0 aromatic carbocycles. The van der Waals surface area contributed by atoms with Crippen LogP contribution in [0.25, 0.3) is 0 Å². The van der Waals surface area contributed by atoms with Gasteiger partial charge >= 0.3 is 0 Å². The fourth-order valence-corrected chi connectivity index (χ4v) is 4.27. The van der Waals surface area contributed by atoms with Crippen molar-refractivity contribution >= 4 is 0 Å². The van der Waals surface area contributed by atoms with Crippen LogP contribution in [0.1, 0.15) is 45.4 Å². The van der Waals surface area contributed by atoms with Crippen molar-refractivity contribution < 1.29 is 5.11 Å². The van der Waals surface area contributed by atoms with Gasteiger partial charge < -0.3 is 10.4 Å². The van der Waals surface area contributed by atoms with Crippen LogP contribution in [-0.4, -0.2) is 23.8 Å². The fourth-order valence-electron chi connectivity index (χ4n) is 4.27. The third-order valence-corrected chi connectivity index (χ3v) is 5.42. The zero-order valence-electron chi connectivity index (χ0n) is 10.4. The highest BCUT2D eigenvalue weighted by molar-refractivity contribution is 5.11. The summed E-state index contributed by atoms with van der Waals surface area (Å²) in [5.74, 6) is 2.74. The molecule has 1 saturated heterocycles. The van der Waals surface area contributed by atoms with Crippen molar-refractivity contribution in [1.29, 1.82) is 0 Å². The molecule has 2 nitrogen and oxygen atoms in total. The highest BCUT2D eigenvalue weighted by atomic mass is 16.3. The van der Waals surface area contributed by atoms with E-state index in [1.165, 1.54) is 38.5 Å². The Morgan fingerprint density at radius 3 is 2.44 bits per heavy atom. The van der Waals surface area contributed by atoms with Gasteiger partial charge in [-0.3, -0.25) is 0 Å². The first-order valence-corrected chi connectivity index (χ1v) is 7.20. The molecule has 2 saturated carbocycles. The number of piperidine rings is 1. The summed E-state index contributed by atoms with van der Waals surface area (Å²) in [4.78, 5) is 0. The number of aliphatic hydroxyl groups is 1. The van der Waals surface area contributed by atoms with Gasteiger partial charge in [-0.2, -0.15) is 0 Å². The molecule has 3 rings (SSSR count). The van der Waals surface area contributed by atoms with Gasteiger partial charge in [-0.25, -0.2) is 0 Å². The second-order valence-corrected chi connectivity index (χ2v) is 6.30. The summed E-state index contributed by atoms with van der Waals surface area (Å²) in [5.41, 5.74) is 0. The van der Waals surface area contributed by atoms with Crippen LogP contribution in [0.2, 0.25) is 0 Å². The number of hydrogen-bond donors (Lipinski definition) is 2. The number of rotatable bonds is 0. The van der Waals surface area contributed by atoms with Crippen LogP contribution < -0.4 is 5.32 Å². The molecule has 1 aliphatic heterocycles. The molecule has 3 fully saturated rings. The molecule has 0 aromatic heterocycles. The van der Waals surface area contributed by atoms with Gasteiger partial charge in [0.05, 0.1) is 6.10 Å². The summed E-state index contributed by atoms with van der Waals surface area (Å²) in [6.45, 7) is 3.42. The van der Waals surface area contributed by atoms with Gasteiger partial charge in [-0.05, 0) is 36.5 Å². The van der Waals surface area contributed by atoms with Crippen LogP contribution in [0.5, 0.6) is 0 Å². The van der Waals surface area contributed by atoms with E-state index < -0.39 is 0 Å². The topological polar surface area (TPSA) is 32.3 Å². The van der Waals surface area contributed by atoms with Crippen molar-refractivity contribution in [2.24, 2.45) is 23.7 Å². The van der Waals surface area contributed by atoms with Crippen LogP contribution in [0.15, 0.2) is 0 Å². The minimum atomic E-state index is -0.0218. The Labute approximate surface area is 98.8 Å². The third-order valence-electron chi connectivity index (χ3n) is 5.42. The Morgan fingerprint density at radius 2 is 1.75 bits per heavy atom. The van der Waals surface area contributed by atoms with Crippen LogP contribution in [-0.2, 0) is 0 Å². The Morgan fingerprint density at radius 1 is 1.00 bits per heavy atom. The Balaban J connectivity index is 1.70. The first-order chi connectivity index (χ1) is 7.79. The lowest BCUT2D eigenvalue weighted by Gasteiger charge is -2.62. The van der Waals surface area contributed by atoms with E-state index in [0.717, 1.165) is 24.4 Å². The molecule has 2 aliphatic carbocycles. The molecule has 6 atom stereocenters. The van der Waals surface area contributed by atoms with Crippen LogP contribution in [0, 0.1) is 23.7 Å². The lowest BCUT2D eigenvalue weighted by molar-refractivity contribution is -0.136. The van der Waals surface area contributed by atoms with E-state index >= 15 is 0 Å². The second kappa shape index (κ2) is 4.30. The van der Waals surface area contributed by atoms with Crippen molar-refractivity contribution in [3.63, 3.8) is 0 Å². The van der Waals surface area contributed by atoms with E-state index in [1.54, 1.807) is 0 Å². The third kappa shape index (κ3) is 1.62. The van der Waals surface area contributed by atoms with Crippen molar-refractivity contribution in [1.82, 2.24) is 5.32 Å². The second-order valence-electron chi connectivity index (χ2n) is 6.30. The minimum Gasteiger partial charge on any atom is -0.393 e. The summed E-state index contributed by atoms with van der Waals surface area (Å²) in [7, 11) is 0. The lowest BCUT2D eigenvalue weighted by Crippen LogP contribution is -2.73. The molecule has 2 heteroatoms. The molecule has 0 radical (unpaired) electrons. The van der Waals surface area contributed by atoms with Crippen molar-refractivity contribution in [3.05, 3.63) is 0 Å². The zero-order valence-corrected chi connectivity index (χ0v) is 10.4. The Hall–Kier alpha value is -0.0800.